The summed E-state index contributed by atoms with van der Waals surface area (Å²) in [7, 11) is 0. The minimum atomic E-state index is -0.736. The van der Waals surface area contributed by atoms with Crippen LogP contribution in [0.25, 0.3) is 11.4 Å². The van der Waals surface area contributed by atoms with E-state index in [0.29, 0.717) is 24.8 Å². The number of carbonyl (C=O) groups is 1. The molecule has 0 saturated carbocycles. The molecule has 1 aliphatic heterocycles. The first-order valence-corrected chi connectivity index (χ1v) is 6.96. The van der Waals surface area contributed by atoms with E-state index in [1.165, 1.54) is 0 Å². The van der Waals surface area contributed by atoms with Crippen molar-refractivity contribution in [3.05, 3.63) is 36.2 Å². The lowest BCUT2D eigenvalue weighted by atomic mass is 9.99. The number of rotatable bonds is 4. The number of benzene rings is 1. The van der Waals surface area contributed by atoms with Crippen molar-refractivity contribution in [2.75, 3.05) is 13.1 Å². The highest BCUT2D eigenvalue weighted by molar-refractivity contribution is 5.71. The molecule has 0 amide bonds. The van der Waals surface area contributed by atoms with E-state index in [1.807, 2.05) is 42.2 Å². The van der Waals surface area contributed by atoms with Gasteiger partial charge in [0.15, 0.2) is 0 Å². The minimum absolute atomic E-state index is 0.138. The van der Waals surface area contributed by atoms with Crippen molar-refractivity contribution >= 4 is 5.97 Å². The van der Waals surface area contributed by atoms with Crippen LogP contribution < -0.4 is 0 Å². The van der Waals surface area contributed by atoms with Gasteiger partial charge in [-0.3, -0.25) is 9.69 Å². The van der Waals surface area contributed by atoms with Gasteiger partial charge in [0, 0.05) is 18.7 Å². The molecule has 1 N–H and O–H groups in total. The van der Waals surface area contributed by atoms with Crippen LogP contribution in [0.3, 0.4) is 0 Å². The predicted molar refractivity (Wildman–Crippen MR) is 75.3 cm³/mol. The SMILES string of the molecule is C[C@@H]1CN(Cc2nc(-c3ccccc3)no2)C[C@H]1C(=O)O. The lowest BCUT2D eigenvalue weighted by molar-refractivity contribution is -0.142. The molecule has 2 aromatic rings. The van der Waals surface area contributed by atoms with Crippen LogP contribution in [0.2, 0.25) is 0 Å². The lowest BCUT2D eigenvalue weighted by Gasteiger charge is -2.11. The number of hydrogen-bond donors (Lipinski definition) is 1. The summed E-state index contributed by atoms with van der Waals surface area (Å²) in [6.07, 6.45) is 0. The van der Waals surface area contributed by atoms with Crippen LogP contribution >= 0.6 is 0 Å². The van der Waals surface area contributed by atoms with Gasteiger partial charge in [-0.15, -0.1) is 0 Å². The predicted octanol–water partition coefficient (Wildman–Crippen LogP) is 1.89. The van der Waals surface area contributed by atoms with Crippen LogP contribution in [0, 0.1) is 11.8 Å². The number of aromatic nitrogens is 2. The highest BCUT2D eigenvalue weighted by Gasteiger charge is 2.35. The van der Waals surface area contributed by atoms with Gasteiger partial charge >= 0.3 is 5.97 Å². The van der Waals surface area contributed by atoms with Gasteiger partial charge in [-0.05, 0) is 5.92 Å². The van der Waals surface area contributed by atoms with Gasteiger partial charge in [0.1, 0.15) is 0 Å². The Bertz CT molecular complexity index is 626. The number of carboxylic acid groups (broad SMARTS) is 1. The summed E-state index contributed by atoms with van der Waals surface area (Å²) in [6, 6.07) is 9.62. The molecule has 1 aromatic heterocycles. The number of likely N-dealkylation sites (tertiary alicyclic amines) is 1. The van der Waals surface area contributed by atoms with E-state index < -0.39 is 5.97 Å². The molecular weight excluding hydrogens is 270 g/mol. The van der Waals surface area contributed by atoms with Gasteiger partial charge in [0.25, 0.3) is 0 Å². The minimum Gasteiger partial charge on any atom is -0.481 e. The largest absolute Gasteiger partial charge is 0.481 e. The van der Waals surface area contributed by atoms with E-state index in [0.717, 1.165) is 12.1 Å². The second kappa shape index (κ2) is 5.65. The van der Waals surface area contributed by atoms with Gasteiger partial charge in [-0.2, -0.15) is 4.98 Å². The topological polar surface area (TPSA) is 79.5 Å². The van der Waals surface area contributed by atoms with Crippen molar-refractivity contribution in [3.8, 4) is 11.4 Å². The third kappa shape index (κ3) is 2.95. The van der Waals surface area contributed by atoms with Crippen LogP contribution in [0.4, 0.5) is 0 Å². The normalized spacial score (nSPS) is 22.5. The van der Waals surface area contributed by atoms with Crippen molar-refractivity contribution in [3.63, 3.8) is 0 Å². The summed E-state index contributed by atoms with van der Waals surface area (Å²) in [5.74, 6) is 0.167. The molecule has 1 aromatic carbocycles. The Balaban J connectivity index is 1.67. The van der Waals surface area contributed by atoms with E-state index in [2.05, 4.69) is 10.1 Å². The number of nitrogens with zero attached hydrogens (tertiary/aromatic N) is 3. The van der Waals surface area contributed by atoms with Gasteiger partial charge in [0.2, 0.25) is 11.7 Å². The van der Waals surface area contributed by atoms with Crippen LogP contribution in [0.1, 0.15) is 12.8 Å². The zero-order chi connectivity index (χ0) is 14.8. The molecule has 1 saturated heterocycles. The fraction of sp³-hybridized carbons (Fsp3) is 0.400. The highest BCUT2D eigenvalue weighted by atomic mass is 16.5. The van der Waals surface area contributed by atoms with Gasteiger partial charge in [-0.1, -0.05) is 42.4 Å². The summed E-state index contributed by atoms with van der Waals surface area (Å²) < 4.78 is 5.26. The first kappa shape index (κ1) is 13.8. The Morgan fingerprint density at radius 1 is 1.38 bits per heavy atom. The molecule has 21 heavy (non-hydrogen) atoms. The van der Waals surface area contributed by atoms with Gasteiger partial charge in [-0.25, -0.2) is 0 Å². The molecule has 2 heterocycles. The molecule has 110 valence electrons. The Morgan fingerprint density at radius 2 is 2.14 bits per heavy atom. The highest BCUT2D eigenvalue weighted by Crippen LogP contribution is 2.25. The van der Waals surface area contributed by atoms with Crippen LogP contribution in [-0.4, -0.2) is 39.2 Å². The number of carboxylic acids is 1. The molecule has 0 bridgehead atoms. The second-order valence-electron chi connectivity index (χ2n) is 5.49. The first-order valence-electron chi connectivity index (χ1n) is 6.96. The van der Waals surface area contributed by atoms with Gasteiger partial charge < -0.3 is 9.63 Å². The van der Waals surface area contributed by atoms with Crippen LogP contribution in [-0.2, 0) is 11.3 Å². The Kier molecular flexibility index (Phi) is 3.70. The van der Waals surface area contributed by atoms with E-state index in [4.69, 9.17) is 9.63 Å². The summed E-state index contributed by atoms with van der Waals surface area (Å²) >= 11 is 0. The molecule has 0 radical (unpaired) electrons. The Morgan fingerprint density at radius 3 is 2.81 bits per heavy atom. The zero-order valence-corrected chi connectivity index (χ0v) is 11.8. The standard InChI is InChI=1S/C15H17N3O3/c1-10-7-18(8-12(10)15(19)20)9-13-16-14(17-21-13)11-5-3-2-4-6-11/h2-6,10,12H,7-9H2,1H3,(H,19,20)/t10-,12-/m1/s1. The molecule has 1 aliphatic rings. The fourth-order valence-corrected chi connectivity index (χ4v) is 2.73. The summed E-state index contributed by atoms with van der Waals surface area (Å²) in [4.78, 5) is 17.5. The first-order chi connectivity index (χ1) is 10.1. The van der Waals surface area contributed by atoms with E-state index in [-0.39, 0.29) is 11.8 Å². The number of aliphatic carboxylic acids is 1. The molecule has 3 rings (SSSR count). The summed E-state index contributed by atoms with van der Waals surface area (Å²) in [6.45, 7) is 3.72. The average Bonchev–Trinajstić information content (AvgIpc) is 3.07. The third-order valence-corrected chi connectivity index (χ3v) is 3.86. The fourth-order valence-electron chi connectivity index (χ4n) is 2.73. The summed E-state index contributed by atoms with van der Waals surface area (Å²) in [5.41, 5.74) is 0.908. The maximum absolute atomic E-state index is 11.1. The quantitative estimate of drug-likeness (QED) is 0.925. The van der Waals surface area contributed by atoms with E-state index >= 15 is 0 Å². The molecule has 6 nitrogen and oxygen atoms in total. The molecule has 0 aliphatic carbocycles. The third-order valence-electron chi connectivity index (χ3n) is 3.86. The molecule has 6 heteroatoms. The average molecular weight is 287 g/mol. The molecule has 0 unspecified atom stereocenters. The molecule has 0 spiro atoms. The lowest BCUT2D eigenvalue weighted by Crippen LogP contribution is -2.23. The Hall–Kier alpha value is -2.21. The van der Waals surface area contributed by atoms with Crippen molar-refractivity contribution in [2.45, 2.75) is 13.5 Å². The summed E-state index contributed by atoms with van der Waals surface area (Å²) in [5, 5.41) is 13.1. The van der Waals surface area contributed by atoms with Crippen LogP contribution in [0.15, 0.2) is 34.9 Å². The van der Waals surface area contributed by atoms with Crippen LogP contribution in [0.5, 0.6) is 0 Å². The molecule has 1 fully saturated rings. The van der Waals surface area contributed by atoms with Gasteiger partial charge in [0.05, 0.1) is 12.5 Å². The molecule has 2 atom stereocenters. The maximum atomic E-state index is 11.1. The van der Waals surface area contributed by atoms with Crippen molar-refractivity contribution in [1.29, 1.82) is 0 Å². The van der Waals surface area contributed by atoms with Crippen molar-refractivity contribution in [2.24, 2.45) is 11.8 Å². The number of hydrogen-bond acceptors (Lipinski definition) is 5. The molecular formula is C15H17N3O3. The zero-order valence-electron chi connectivity index (χ0n) is 11.8. The van der Waals surface area contributed by atoms with E-state index in [9.17, 15) is 4.79 Å². The maximum Gasteiger partial charge on any atom is 0.308 e. The van der Waals surface area contributed by atoms with E-state index in [1.54, 1.807) is 0 Å². The monoisotopic (exact) mass is 287 g/mol. The Labute approximate surface area is 122 Å². The smallest absolute Gasteiger partial charge is 0.308 e. The van der Waals surface area contributed by atoms with Crippen molar-refractivity contribution < 1.29 is 14.4 Å². The van der Waals surface area contributed by atoms with Crippen molar-refractivity contribution in [1.82, 2.24) is 15.0 Å². The second-order valence-corrected chi connectivity index (χ2v) is 5.49.